The van der Waals surface area contributed by atoms with Crippen LogP contribution in [0.15, 0.2) is 42.5 Å². The zero-order valence-corrected chi connectivity index (χ0v) is 20.3. The van der Waals surface area contributed by atoms with Crippen molar-refractivity contribution < 1.29 is 17.6 Å². The lowest BCUT2D eigenvalue weighted by Crippen LogP contribution is -2.48. The predicted molar refractivity (Wildman–Crippen MR) is 128 cm³/mol. The van der Waals surface area contributed by atoms with Crippen LogP contribution in [0.4, 0.5) is 10.1 Å². The third-order valence-electron chi connectivity index (χ3n) is 6.89. The number of aryl methyl sites for hydroxylation is 1. The molecule has 8 heteroatoms. The van der Waals surface area contributed by atoms with Gasteiger partial charge in [0.25, 0.3) is 0 Å². The summed E-state index contributed by atoms with van der Waals surface area (Å²) in [6.07, 6.45) is 1.30. The van der Waals surface area contributed by atoms with Crippen LogP contribution in [0.25, 0.3) is 0 Å². The lowest BCUT2D eigenvalue weighted by molar-refractivity contribution is -0.129. The average molecular weight is 474 g/mol. The molecule has 0 bridgehead atoms. The van der Waals surface area contributed by atoms with Crippen molar-refractivity contribution in [3.05, 3.63) is 65.0 Å². The fourth-order valence-electron chi connectivity index (χ4n) is 4.86. The van der Waals surface area contributed by atoms with E-state index < -0.39 is 21.1 Å². The molecule has 0 spiro atoms. The van der Waals surface area contributed by atoms with Gasteiger partial charge in [0.15, 0.2) is 0 Å². The first kappa shape index (κ1) is 23.7. The minimum Gasteiger partial charge on any atom is -0.368 e. The number of nitrogens with zero attached hydrogens (tertiary/aromatic N) is 3. The molecule has 0 aromatic heterocycles. The van der Waals surface area contributed by atoms with Gasteiger partial charge in [0.05, 0.1) is 0 Å². The van der Waals surface area contributed by atoms with Crippen LogP contribution in [0.2, 0.25) is 0 Å². The number of hydrogen-bond donors (Lipinski definition) is 0. The molecule has 1 amide bonds. The second-order valence-electron chi connectivity index (χ2n) is 9.19. The van der Waals surface area contributed by atoms with Crippen LogP contribution in [0.1, 0.15) is 48.6 Å². The molecule has 2 aromatic rings. The van der Waals surface area contributed by atoms with Gasteiger partial charge in [0.1, 0.15) is 11.1 Å². The minimum absolute atomic E-state index is 0.0239. The summed E-state index contributed by atoms with van der Waals surface area (Å²) in [4.78, 5) is 15.4. The summed E-state index contributed by atoms with van der Waals surface area (Å²) in [7, 11) is -3.62. The molecule has 2 atom stereocenters. The molecular weight excluding hydrogens is 441 g/mol. The fourth-order valence-corrected chi connectivity index (χ4v) is 7.04. The SMILES string of the molecule is CC(=O)N1CCN(c2ccc(CN3[C@@H](C)CCC(c4cccc(C)c4)S3(=O)=O)c(F)c2)CC1. The molecule has 0 N–H and O–H groups in total. The molecule has 2 heterocycles. The summed E-state index contributed by atoms with van der Waals surface area (Å²) in [5, 5.41) is -0.603. The van der Waals surface area contributed by atoms with Gasteiger partial charge in [-0.2, -0.15) is 4.31 Å². The molecule has 2 aromatic carbocycles. The number of sulfonamides is 1. The molecule has 2 saturated heterocycles. The van der Waals surface area contributed by atoms with E-state index in [0.29, 0.717) is 38.2 Å². The topological polar surface area (TPSA) is 60.9 Å². The first-order valence-electron chi connectivity index (χ1n) is 11.5. The maximum atomic E-state index is 15.1. The lowest BCUT2D eigenvalue weighted by Gasteiger charge is -2.38. The van der Waals surface area contributed by atoms with Crippen molar-refractivity contribution in [2.75, 3.05) is 31.1 Å². The van der Waals surface area contributed by atoms with Crippen molar-refractivity contribution in [2.24, 2.45) is 0 Å². The van der Waals surface area contributed by atoms with E-state index in [4.69, 9.17) is 0 Å². The first-order valence-corrected chi connectivity index (χ1v) is 13.0. The molecule has 6 nitrogen and oxygen atoms in total. The van der Waals surface area contributed by atoms with Crippen LogP contribution < -0.4 is 4.90 Å². The Morgan fingerprint density at radius 2 is 1.79 bits per heavy atom. The van der Waals surface area contributed by atoms with Crippen LogP contribution in [0.3, 0.4) is 0 Å². The fraction of sp³-hybridized carbons (Fsp3) is 0.480. The number of hydrogen-bond acceptors (Lipinski definition) is 4. The highest BCUT2D eigenvalue weighted by Crippen LogP contribution is 2.38. The largest absolute Gasteiger partial charge is 0.368 e. The van der Waals surface area contributed by atoms with E-state index in [2.05, 4.69) is 4.90 Å². The van der Waals surface area contributed by atoms with Gasteiger partial charge in [-0.25, -0.2) is 12.8 Å². The van der Waals surface area contributed by atoms with Gasteiger partial charge in [0.2, 0.25) is 15.9 Å². The van der Waals surface area contributed by atoms with Gasteiger partial charge in [-0.3, -0.25) is 4.79 Å². The quantitative estimate of drug-likeness (QED) is 0.677. The van der Waals surface area contributed by atoms with Gasteiger partial charge in [0, 0.05) is 56.9 Å². The number of amides is 1. The molecule has 0 aliphatic carbocycles. The summed E-state index contributed by atoms with van der Waals surface area (Å²) in [6.45, 7) is 7.95. The van der Waals surface area contributed by atoms with Crippen molar-refractivity contribution in [3.8, 4) is 0 Å². The van der Waals surface area contributed by atoms with Gasteiger partial charge >= 0.3 is 0 Å². The first-order chi connectivity index (χ1) is 15.7. The van der Waals surface area contributed by atoms with E-state index in [1.807, 2.05) is 44.2 Å². The van der Waals surface area contributed by atoms with Crippen LogP contribution in [0, 0.1) is 12.7 Å². The van der Waals surface area contributed by atoms with E-state index in [1.165, 1.54) is 10.4 Å². The Bertz CT molecular complexity index is 1130. The van der Waals surface area contributed by atoms with E-state index in [9.17, 15) is 13.2 Å². The number of anilines is 1. The highest BCUT2D eigenvalue weighted by molar-refractivity contribution is 7.89. The molecule has 1 unspecified atom stereocenters. The zero-order valence-electron chi connectivity index (χ0n) is 19.5. The third-order valence-corrected chi connectivity index (χ3v) is 9.26. The second kappa shape index (κ2) is 9.43. The smallest absolute Gasteiger partial charge is 0.221 e. The van der Waals surface area contributed by atoms with Crippen molar-refractivity contribution in [2.45, 2.75) is 51.4 Å². The lowest BCUT2D eigenvalue weighted by atomic mass is 10.0. The Morgan fingerprint density at radius 3 is 2.42 bits per heavy atom. The number of piperazine rings is 1. The summed E-state index contributed by atoms with van der Waals surface area (Å²) in [5.41, 5.74) is 2.96. The van der Waals surface area contributed by atoms with Gasteiger partial charge in [-0.1, -0.05) is 35.9 Å². The highest BCUT2D eigenvalue weighted by atomic mass is 32.2. The molecule has 2 aliphatic heterocycles. The molecule has 2 fully saturated rings. The van der Waals surface area contributed by atoms with Crippen molar-refractivity contribution in [3.63, 3.8) is 0 Å². The highest BCUT2D eigenvalue weighted by Gasteiger charge is 2.40. The molecule has 33 heavy (non-hydrogen) atoms. The van der Waals surface area contributed by atoms with Crippen LogP contribution in [0.5, 0.6) is 0 Å². The van der Waals surface area contributed by atoms with E-state index in [1.54, 1.807) is 17.9 Å². The number of carbonyl (C=O) groups is 1. The van der Waals surface area contributed by atoms with Crippen LogP contribution in [-0.4, -0.2) is 55.8 Å². The monoisotopic (exact) mass is 473 g/mol. The number of benzene rings is 2. The Kier molecular flexibility index (Phi) is 6.77. The summed E-state index contributed by atoms with van der Waals surface area (Å²) in [6, 6.07) is 12.5. The Labute approximate surface area is 196 Å². The van der Waals surface area contributed by atoms with Gasteiger partial charge in [-0.05, 0) is 44.4 Å². The van der Waals surface area contributed by atoms with Crippen molar-refractivity contribution in [1.82, 2.24) is 9.21 Å². The molecular formula is C25H32FN3O3S. The normalized spacial score (nSPS) is 23.5. The van der Waals surface area contributed by atoms with Crippen LogP contribution in [-0.2, 0) is 21.4 Å². The van der Waals surface area contributed by atoms with Crippen molar-refractivity contribution in [1.29, 1.82) is 0 Å². The van der Waals surface area contributed by atoms with E-state index in [-0.39, 0.29) is 18.5 Å². The molecule has 2 aliphatic rings. The standard InChI is InChI=1S/C25H32FN3O3S/c1-18-5-4-6-21(15-18)25-10-7-19(2)29(33(25,31)32)17-22-8-9-23(16-24(22)26)28-13-11-27(12-14-28)20(3)30/h4-6,8-9,15-16,19,25H,7,10-14,17H2,1-3H3/t19-,25?/m0/s1. The van der Waals surface area contributed by atoms with Crippen LogP contribution >= 0.6 is 0 Å². The summed E-state index contributed by atoms with van der Waals surface area (Å²) in [5.74, 6) is -0.349. The third kappa shape index (κ3) is 4.92. The predicted octanol–water partition coefficient (Wildman–Crippen LogP) is 3.86. The zero-order chi connectivity index (χ0) is 23.8. The van der Waals surface area contributed by atoms with E-state index >= 15 is 4.39 Å². The second-order valence-corrected chi connectivity index (χ2v) is 11.3. The molecule has 0 radical (unpaired) electrons. The van der Waals surface area contributed by atoms with Gasteiger partial charge in [-0.15, -0.1) is 0 Å². The summed E-state index contributed by atoms with van der Waals surface area (Å²) >= 11 is 0. The minimum atomic E-state index is -3.62. The Morgan fingerprint density at radius 1 is 1.06 bits per heavy atom. The molecule has 4 rings (SSSR count). The van der Waals surface area contributed by atoms with Crippen molar-refractivity contribution >= 4 is 21.6 Å². The maximum Gasteiger partial charge on any atom is 0.221 e. The number of halogens is 1. The summed E-state index contributed by atoms with van der Waals surface area (Å²) < 4.78 is 43.6. The Hall–Kier alpha value is -2.45. The van der Waals surface area contributed by atoms with Gasteiger partial charge < -0.3 is 9.80 Å². The number of carbonyl (C=O) groups excluding carboxylic acids is 1. The maximum absolute atomic E-state index is 15.1. The molecule has 178 valence electrons. The van der Waals surface area contributed by atoms with E-state index in [0.717, 1.165) is 23.2 Å². The molecule has 0 saturated carbocycles. The number of rotatable bonds is 4. The Balaban J connectivity index is 1.52. The average Bonchev–Trinajstić information content (AvgIpc) is 2.77.